The average Bonchev–Trinajstić information content (AvgIpc) is 2.54. The molecule has 0 bridgehead atoms. The number of halogens is 1. The van der Waals surface area contributed by atoms with E-state index >= 15 is 0 Å². The van der Waals surface area contributed by atoms with Gasteiger partial charge in [0.1, 0.15) is 5.75 Å². The molecular weight excluding hydrogens is 346 g/mol. The molecule has 6 heteroatoms. The number of hydrogen-bond acceptors (Lipinski definition) is 3. The van der Waals surface area contributed by atoms with Crippen LogP contribution in [0.5, 0.6) is 5.75 Å². The Balaban J connectivity index is 1.94. The van der Waals surface area contributed by atoms with Crippen molar-refractivity contribution in [3.8, 4) is 11.8 Å². The molecule has 2 rings (SSSR count). The molecule has 1 fully saturated rings. The molecule has 0 spiro atoms. The Kier molecular flexibility index (Phi) is 5.67. The standard InChI is InChI=1S/C16H20BrN3O2/c1-11(13-3-4-15(22-2)14(17)9-13)19-16(21)20-7-5-12(10-18)6-8-20/h3-4,9,11-12H,5-8H2,1-2H3,(H,19,21)/t11-/m1/s1. The van der Waals surface area contributed by atoms with Crippen molar-refractivity contribution in [3.05, 3.63) is 28.2 Å². The normalized spacial score (nSPS) is 16.7. The number of benzene rings is 1. The fraction of sp³-hybridized carbons (Fsp3) is 0.500. The number of nitrogens with zero attached hydrogens (tertiary/aromatic N) is 2. The summed E-state index contributed by atoms with van der Waals surface area (Å²) in [6.07, 6.45) is 1.51. The van der Waals surface area contributed by atoms with E-state index in [1.165, 1.54) is 0 Å². The number of hydrogen-bond donors (Lipinski definition) is 1. The second kappa shape index (κ2) is 7.50. The van der Waals surface area contributed by atoms with E-state index in [9.17, 15) is 4.79 Å². The number of methoxy groups -OCH3 is 1. The Morgan fingerprint density at radius 3 is 2.73 bits per heavy atom. The smallest absolute Gasteiger partial charge is 0.317 e. The highest BCUT2D eigenvalue weighted by atomic mass is 79.9. The lowest BCUT2D eigenvalue weighted by atomic mass is 9.99. The zero-order valence-electron chi connectivity index (χ0n) is 12.8. The molecule has 0 unspecified atom stereocenters. The average molecular weight is 366 g/mol. The van der Waals surface area contributed by atoms with Gasteiger partial charge in [0.15, 0.2) is 0 Å². The molecule has 22 heavy (non-hydrogen) atoms. The van der Waals surface area contributed by atoms with Crippen molar-refractivity contribution < 1.29 is 9.53 Å². The van der Waals surface area contributed by atoms with Crippen molar-refractivity contribution >= 4 is 22.0 Å². The van der Waals surface area contributed by atoms with Crippen LogP contribution in [0.15, 0.2) is 22.7 Å². The van der Waals surface area contributed by atoms with Crippen LogP contribution in [0.4, 0.5) is 4.79 Å². The molecule has 0 aliphatic carbocycles. The first-order valence-corrected chi connectivity index (χ1v) is 8.13. The molecule has 1 N–H and O–H groups in total. The van der Waals surface area contributed by atoms with E-state index in [0.717, 1.165) is 28.6 Å². The summed E-state index contributed by atoms with van der Waals surface area (Å²) in [5.41, 5.74) is 1.01. The molecule has 2 amide bonds. The Bertz CT molecular complexity index is 577. The highest BCUT2D eigenvalue weighted by molar-refractivity contribution is 9.10. The van der Waals surface area contributed by atoms with Crippen LogP contribution in [0.2, 0.25) is 0 Å². The molecule has 118 valence electrons. The minimum Gasteiger partial charge on any atom is -0.496 e. The molecule has 1 atom stereocenters. The van der Waals surface area contributed by atoms with Crippen LogP contribution in [0, 0.1) is 17.2 Å². The zero-order chi connectivity index (χ0) is 16.1. The summed E-state index contributed by atoms with van der Waals surface area (Å²) in [6.45, 7) is 3.24. The second-order valence-corrected chi connectivity index (χ2v) is 6.31. The van der Waals surface area contributed by atoms with Gasteiger partial charge in [-0.1, -0.05) is 6.07 Å². The summed E-state index contributed by atoms with van der Waals surface area (Å²) in [5.74, 6) is 0.847. The predicted octanol–water partition coefficient (Wildman–Crippen LogP) is 3.46. The monoisotopic (exact) mass is 365 g/mol. The molecule has 1 saturated heterocycles. The predicted molar refractivity (Wildman–Crippen MR) is 87.6 cm³/mol. The molecule has 1 aliphatic heterocycles. The van der Waals surface area contributed by atoms with Crippen LogP contribution in [-0.2, 0) is 0 Å². The first-order chi connectivity index (χ1) is 10.5. The van der Waals surface area contributed by atoms with Crippen LogP contribution in [0.1, 0.15) is 31.4 Å². The Morgan fingerprint density at radius 2 is 2.18 bits per heavy atom. The SMILES string of the molecule is COc1ccc([C@@H](C)NC(=O)N2CCC(C#N)CC2)cc1Br. The van der Waals surface area contributed by atoms with Gasteiger partial charge in [-0.25, -0.2) is 4.79 Å². The number of carbonyl (C=O) groups excluding carboxylic acids is 1. The van der Waals surface area contributed by atoms with E-state index in [-0.39, 0.29) is 18.0 Å². The maximum Gasteiger partial charge on any atom is 0.317 e. The summed E-state index contributed by atoms with van der Waals surface area (Å²) in [6, 6.07) is 7.87. The molecule has 0 radical (unpaired) electrons. The van der Waals surface area contributed by atoms with Crippen molar-refractivity contribution in [1.82, 2.24) is 10.2 Å². The van der Waals surface area contributed by atoms with Gasteiger partial charge in [-0.2, -0.15) is 5.26 Å². The number of nitrogens with one attached hydrogen (secondary N) is 1. The van der Waals surface area contributed by atoms with Crippen LogP contribution in [-0.4, -0.2) is 31.1 Å². The molecule has 5 nitrogen and oxygen atoms in total. The van der Waals surface area contributed by atoms with Crippen molar-refractivity contribution in [2.45, 2.75) is 25.8 Å². The van der Waals surface area contributed by atoms with Gasteiger partial charge in [0, 0.05) is 19.0 Å². The van der Waals surface area contributed by atoms with Gasteiger partial charge < -0.3 is 15.0 Å². The molecule has 1 aromatic rings. The van der Waals surface area contributed by atoms with Crippen LogP contribution in [0.25, 0.3) is 0 Å². The quantitative estimate of drug-likeness (QED) is 0.891. The summed E-state index contributed by atoms with van der Waals surface area (Å²) >= 11 is 3.45. The van der Waals surface area contributed by atoms with Gasteiger partial charge in [0.05, 0.1) is 23.7 Å². The Hall–Kier alpha value is -1.74. The second-order valence-electron chi connectivity index (χ2n) is 5.46. The highest BCUT2D eigenvalue weighted by Gasteiger charge is 2.23. The third kappa shape index (κ3) is 3.92. The lowest BCUT2D eigenvalue weighted by molar-refractivity contribution is 0.176. The Morgan fingerprint density at radius 1 is 1.50 bits per heavy atom. The summed E-state index contributed by atoms with van der Waals surface area (Å²) < 4.78 is 6.07. The lowest BCUT2D eigenvalue weighted by Crippen LogP contribution is -2.45. The Labute approximate surface area is 139 Å². The summed E-state index contributed by atoms with van der Waals surface area (Å²) in [7, 11) is 1.62. The number of piperidine rings is 1. The van der Waals surface area contributed by atoms with E-state index in [1.807, 2.05) is 25.1 Å². The number of urea groups is 1. The van der Waals surface area contributed by atoms with E-state index in [2.05, 4.69) is 27.3 Å². The highest BCUT2D eigenvalue weighted by Crippen LogP contribution is 2.28. The summed E-state index contributed by atoms with van der Waals surface area (Å²) in [5, 5.41) is 11.9. The van der Waals surface area contributed by atoms with Crippen LogP contribution in [0.3, 0.4) is 0 Å². The molecule has 0 saturated carbocycles. The number of rotatable bonds is 3. The number of amides is 2. The van der Waals surface area contributed by atoms with E-state index in [0.29, 0.717) is 13.1 Å². The maximum absolute atomic E-state index is 12.3. The van der Waals surface area contributed by atoms with Crippen molar-refractivity contribution in [2.24, 2.45) is 5.92 Å². The van der Waals surface area contributed by atoms with Gasteiger partial charge in [-0.3, -0.25) is 0 Å². The molecule has 0 aromatic heterocycles. The van der Waals surface area contributed by atoms with E-state index in [1.54, 1.807) is 12.0 Å². The minimum atomic E-state index is -0.0941. The van der Waals surface area contributed by atoms with Crippen molar-refractivity contribution in [2.75, 3.05) is 20.2 Å². The van der Waals surface area contributed by atoms with Gasteiger partial charge in [-0.05, 0) is 53.4 Å². The van der Waals surface area contributed by atoms with Crippen molar-refractivity contribution in [3.63, 3.8) is 0 Å². The minimum absolute atomic E-state index is 0.0733. The van der Waals surface area contributed by atoms with E-state index < -0.39 is 0 Å². The molecule has 1 heterocycles. The van der Waals surface area contributed by atoms with Gasteiger partial charge in [0.25, 0.3) is 0 Å². The van der Waals surface area contributed by atoms with Gasteiger partial charge in [0.2, 0.25) is 0 Å². The molecular formula is C16H20BrN3O2. The van der Waals surface area contributed by atoms with Crippen molar-refractivity contribution in [1.29, 1.82) is 5.26 Å². The molecule has 1 aliphatic rings. The number of likely N-dealkylation sites (tertiary alicyclic amines) is 1. The fourth-order valence-corrected chi connectivity index (χ4v) is 3.08. The fourth-order valence-electron chi connectivity index (χ4n) is 2.52. The van der Waals surface area contributed by atoms with Gasteiger partial charge in [-0.15, -0.1) is 0 Å². The third-order valence-corrected chi connectivity index (χ3v) is 4.60. The lowest BCUT2D eigenvalue weighted by Gasteiger charge is -2.30. The van der Waals surface area contributed by atoms with E-state index in [4.69, 9.17) is 10.00 Å². The number of carbonyl (C=O) groups is 1. The zero-order valence-corrected chi connectivity index (χ0v) is 14.4. The van der Waals surface area contributed by atoms with Crippen LogP contribution < -0.4 is 10.1 Å². The largest absolute Gasteiger partial charge is 0.496 e. The number of ether oxygens (including phenoxy) is 1. The van der Waals surface area contributed by atoms with Crippen LogP contribution >= 0.6 is 15.9 Å². The summed E-state index contributed by atoms with van der Waals surface area (Å²) in [4.78, 5) is 14.1. The number of nitriles is 1. The topological polar surface area (TPSA) is 65.4 Å². The maximum atomic E-state index is 12.3. The van der Waals surface area contributed by atoms with Gasteiger partial charge >= 0.3 is 6.03 Å². The molecule has 1 aromatic carbocycles. The third-order valence-electron chi connectivity index (χ3n) is 3.98. The first kappa shape index (κ1) is 16.6. The first-order valence-electron chi connectivity index (χ1n) is 7.33.